The van der Waals surface area contributed by atoms with Crippen molar-refractivity contribution in [2.24, 2.45) is 0 Å². The first-order chi connectivity index (χ1) is 11.7. The van der Waals surface area contributed by atoms with Gasteiger partial charge in [-0.1, -0.05) is 12.1 Å². The Labute approximate surface area is 137 Å². The molecule has 1 fully saturated rings. The number of nitrogens with zero attached hydrogens (tertiary/aromatic N) is 4. The lowest BCUT2D eigenvalue weighted by Gasteiger charge is -2.33. The van der Waals surface area contributed by atoms with Gasteiger partial charge in [0.25, 0.3) is 5.56 Å². The number of hydrogen-bond donors (Lipinski definition) is 1. The van der Waals surface area contributed by atoms with Crippen LogP contribution in [0.1, 0.15) is 18.9 Å². The Morgan fingerprint density at radius 1 is 1.08 bits per heavy atom. The van der Waals surface area contributed by atoms with E-state index in [0.717, 1.165) is 19.4 Å². The molecule has 0 radical (unpaired) electrons. The van der Waals surface area contributed by atoms with E-state index < -0.39 is 0 Å². The van der Waals surface area contributed by atoms with Gasteiger partial charge >= 0.3 is 5.69 Å². The van der Waals surface area contributed by atoms with E-state index in [1.54, 1.807) is 42.7 Å². The monoisotopic (exact) mass is 323 g/mol. The van der Waals surface area contributed by atoms with Crippen LogP contribution in [0, 0.1) is 0 Å². The van der Waals surface area contributed by atoms with Crippen LogP contribution in [-0.4, -0.2) is 32.6 Å². The third-order valence-electron chi connectivity index (χ3n) is 4.43. The summed E-state index contributed by atoms with van der Waals surface area (Å²) in [5.74, 6) is 0.632. The summed E-state index contributed by atoms with van der Waals surface area (Å²) in [6.45, 7) is 1.37. The number of nitrogens with one attached hydrogen (secondary N) is 1. The first-order valence-electron chi connectivity index (χ1n) is 7.99. The molecule has 4 rings (SSSR count). The Morgan fingerprint density at radius 3 is 2.71 bits per heavy atom. The number of rotatable bonds is 2. The highest BCUT2D eigenvalue weighted by molar-refractivity contribution is 5.76. The van der Waals surface area contributed by atoms with E-state index in [-0.39, 0.29) is 17.3 Å². The molecule has 1 aromatic carbocycles. The fraction of sp³-hybridized carbons (Fsp3) is 0.294. The van der Waals surface area contributed by atoms with Crippen molar-refractivity contribution in [2.45, 2.75) is 18.9 Å². The van der Waals surface area contributed by atoms with Crippen molar-refractivity contribution in [1.29, 1.82) is 0 Å². The molecule has 0 amide bonds. The van der Waals surface area contributed by atoms with Gasteiger partial charge in [-0.2, -0.15) is 0 Å². The van der Waals surface area contributed by atoms with Gasteiger partial charge in [-0.25, -0.2) is 14.8 Å². The molecule has 7 heteroatoms. The lowest BCUT2D eigenvalue weighted by Crippen LogP contribution is -2.46. The SMILES string of the molecule is O=c1[nH]c2ccccc2c(=O)n1C1CCCN(c2ncccn2)C1. The summed E-state index contributed by atoms with van der Waals surface area (Å²) < 4.78 is 1.34. The van der Waals surface area contributed by atoms with Gasteiger partial charge < -0.3 is 9.88 Å². The number of piperidine rings is 1. The smallest absolute Gasteiger partial charge is 0.329 e. The van der Waals surface area contributed by atoms with E-state index in [9.17, 15) is 9.59 Å². The first-order valence-corrected chi connectivity index (χ1v) is 7.99. The number of aromatic amines is 1. The van der Waals surface area contributed by atoms with E-state index in [4.69, 9.17) is 0 Å². The Balaban J connectivity index is 1.75. The zero-order valence-electron chi connectivity index (χ0n) is 13.1. The fourth-order valence-electron chi connectivity index (χ4n) is 3.31. The summed E-state index contributed by atoms with van der Waals surface area (Å²) in [6, 6.07) is 8.67. The van der Waals surface area contributed by atoms with Crippen molar-refractivity contribution in [1.82, 2.24) is 19.5 Å². The second kappa shape index (κ2) is 5.92. The molecule has 122 valence electrons. The Hall–Kier alpha value is -2.96. The molecular formula is C17H17N5O2. The minimum atomic E-state index is -0.362. The highest BCUT2D eigenvalue weighted by atomic mass is 16.2. The largest absolute Gasteiger partial charge is 0.339 e. The van der Waals surface area contributed by atoms with Crippen molar-refractivity contribution in [3.8, 4) is 0 Å². The summed E-state index contributed by atoms with van der Waals surface area (Å²) in [5.41, 5.74) is -0.0301. The van der Waals surface area contributed by atoms with Gasteiger partial charge in [-0.15, -0.1) is 0 Å². The van der Waals surface area contributed by atoms with E-state index in [1.165, 1.54) is 4.57 Å². The maximum atomic E-state index is 12.8. The van der Waals surface area contributed by atoms with Crippen LogP contribution in [0.5, 0.6) is 0 Å². The lowest BCUT2D eigenvalue weighted by molar-refractivity contribution is 0.383. The molecule has 3 aromatic rings. The van der Waals surface area contributed by atoms with Crippen LogP contribution in [0.15, 0.2) is 52.3 Å². The van der Waals surface area contributed by atoms with Gasteiger partial charge in [-0.05, 0) is 31.0 Å². The molecule has 0 aliphatic carbocycles. The van der Waals surface area contributed by atoms with E-state index in [2.05, 4.69) is 15.0 Å². The Bertz CT molecular complexity index is 979. The number of aromatic nitrogens is 4. The molecule has 7 nitrogen and oxygen atoms in total. The molecule has 0 saturated carbocycles. The summed E-state index contributed by atoms with van der Waals surface area (Å²) >= 11 is 0. The van der Waals surface area contributed by atoms with Gasteiger partial charge in [-0.3, -0.25) is 9.36 Å². The van der Waals surface area contributed by atoms with Crippen LogP contribution in [0.25, 0.3) is 10.9 Å². The summed E-state index contributed by atoms with van der Waals surface area (Å²) in [6.07, 6.45) is 5.05. The Kier molecular flexibility index (Phi) is 3.60. The van der Waals surface area contributed by atoms with E-state index >= 15 is 0 Å². The van der Waals surface area contributed by atoms with Crippen molar-refractivity contribution in [3.05, 3.63) is 63.6 Å². The molecular weight excluding hydrogens is 306 g/mol. The van der Waals surface area contributed by atoms with Crippen molar-refractivity contribution in [3.63, 3.8) is 0 Å². The van der Waals surface area contributed by atoms with Crippen molar-refractivity contribution in [2.75, 3.05) is 18.0 Å². The number of fused-ring (bicyclic) bond motifs is 1. The number of benzene rings is 1. The quantitative estimate of drug-likeness (QED) is 0.769. The zero-order chi connectivity index (χ0) is 16.5. The number of H-pyrrole nitrogens is 1. The third kappa shape index (κ3) is 2.47. The molecule has 1 N–H and O–H groups in total. The second-order valence-electron chi connectivity index (χ2n) is 5.94. The first kappa shape index (κ1) is 14.6. The molecule has 1 aliphatic rings. The van der Waals surface area contributed by atoms with Crippen LogP contribution < -0.4 is 16.1 Å². The standard InChI is InChI=1S/C17H17N5O2/c23-15-13-6-1-2-7-14(13)20-17(24)22(15)12-5-3-10-21(11-12)16-18-8-4-9-19-16/h1-2,4,6-9,12H,3,5,10-11H2,(H,20,24). The lowest BCUT2D eigenvalue weighted by atomic mass is 10.1. The maximum Gasteiger partial charge on any atom is 0.329 e. The molecule has 1 aliphatic heterocycles. The maximum absolute atomic E-state index is 12.8. The molecule has 0 bridgehead atoms. The van der Waals surface area contributed by atoms with Crippen LogP contribution in [-0.2, 0) is 0 Å². The molecule has 24 heavy (non-hydrogen) atoms. The second-order valence-corrected chi connectivity index (χ2v) is 5.94. The van der Waals surface area contributed by atoms with Gasteiger partial charge in [0, 0.05) is 25.5 Å². The molecule has 1 atom stereocenters. The van der Waals surface area contributed by atoms with Crippen LogP contribution in [0.2, 0.25) is 0 Å². The van der Waals surface area contributed by atoms with E-state index in [1.807, 2.05) is 4.90 Å². The fourth-order valence-corrected chi connectivity index (χ4v) is 3.31. The topological polar surface area (TPSA) is 83.9 Å². The predicted octanol–water partition coefficient (Wildman–Crippen LogP) is 1.32. The van der Waals surface area contributed by atoms with Crippen molar-refractivity contribution >= 4 is 16.9 Å². The average Bonchev–Trinajstić information content (AvgIpc) is 2.63. The Morgan fingerprint density at radius 2 is 1.88 bits per heavy atom. The van der Waals surface area contributed by atoms with Gasteiger partial charge in [0.15, 0.2) is 0 Å². The normalized spacial score (nSPS) is 18.0. The molecule has 1 unspecified atom stereocenters. The third-order valence-corrected chi connectivity index (χ3v) is 4.43. The van der Waals surface area contributed by atoms with Crippen molar-refractivity contribution < 1.29 is 0 Å². The zero-order valence-corrected chi connectivity index (χ0v) is 13.1. The number of anilines is 1. The van der Waals surface area contributed by atoms with Crippen LogP contribution in [0.4, 0.5) is 5.95 Å². The average molecular weight is 323 g/mol. The van der Waals surface area contributed by atoms with Crippen LogP contribution in [0.3, 0.4) is 0 Å². The number of hydrogen-bond acceptors (Lipinski definition) is 5. The van der Waals surface area contributed by atoms with Crippen LogP contribution >= 0.6 is 0 Å². The van der Waals surface area contributed by atoms with Gasteiger partial charge in [0.2, 0.25) is 5.95 Å². The molecule has 1 saturated heterocycles. The number of para-hydroxylation sites is 1. The molecule has 3 heterocycles. The summed E-state index contributed by atoms with van der Waals surface area (Å²) in [5, 5.41) is 0.533. The highest BCUT2D eigenvalue weighted by Gasteiger charge is 2.25. The van der Waals surface area contributed by atoms with Gasteiger partial charge in [0.1, 0.15) is 0 Å². The predicted molar refractivity (Wildman–Crippen MR) is 91.3 cm³/mol. The minimum Gasteiger partial charge on any atom is -0.339 e. The minimum absolute atomic E-state index is 0.191. The summed E-state index contributed by atoms with van der Waals surface area (Å²) in [4.78, 5) is 38.6. The van der Waals surface area contributed by atoms with E-state index in [0.29, 0.717) is 23.4 Å². The highest BCUT2D eigenvalue weighted by Crippen LogP contribution is 2.22. The molecule has 2 aromatic heterocycles. The van der Waals surface area contributed by atoms with Gasteiger partial charge in [0.05, 0.1) is 16.9 Å². The summed E-state index contributed by atoms with van der Waals surface area (Å²) in [7, 11) is 0. The molecule has 0 spiro atoms.